The number of rotatable bonds is 3. The van der Waals surface area contributed by atoms with Crippen LogP contribution in [0.25, 0.3) is 0 Å². The first kappa shape index (κ1) is 14.4. The molecule has 0 saturated carbocycles. The van der Waals surface area contributed by atoms with E-state index >= 15 is 0 Å². The van der Waals surface area contributed by atoms with Crippen molar-refractivity contribution in [1.29, 1.82) is 0 Å². The van der Waals surface area contributed by atoms with E-state index in [0.717, 1.165) is 12.0 Å². The second kappa shape index (κ2) is 5.19. The van der Waals surface area contributed by atoms with E-state index < -0.39 is 0 Å². The zero-order valence-electron chi connectivity index (χ0n) is 13.1. The number of aromatic hydroxyl groups is 1. The smallest absolute Gasteiger partial charge is 0.119 e. The van der Waals surface area contributed by atoms with Crippen molar-refractivity contribution in [1.82, 2.24) is 0 Å². The monoisotopic (exact) mass is 260 g/mol. The van der Waals surface area contributed by atoms with Crippen LogP contribution in [0.2, 0.25) is 0 Å². The molecule has 106 valence electrons. The summed E-state index contributed by atoms with van der Waals surface area (Å²) >= 11 is 0. The second-order valence-electron chi connectivity index (χ2n) is 6.83. The van der Waals surface area contributed by atoms with E-state index in [-0.39, 0.29) is 5.41 Å². The molecule has 0 saturated heterocycles. The maximum Gasteiger partial charge on any atom is 0.119 e. The Balaban J connectivity index is 2.54. The van der Waals surface area contributed by atoms with Crippen molar-refractivity contribution in [2.24, 2.45) is 5.92 Å². The molecule has 0 aromatic heterocycles. The number of aryl methyl sites for hydroxylation is 1. The van der Waals surface area contributed by atoms with E-state index in [1.807, 2.05) is 0 Å². The van der Waals surface area contributed by atoms with Gasteiger partial charge in [0.2, 0.25) is 0 Å². The molecule has 1 N–H and O–H groups in total. The fourth-order valence-electron chi connectivity index (χ4n) is 3.71. The molecule has 2 rings (SSSR count). The van der Waals surface area contributed by atoms with Crippen LogP contribution in [-0.4, -0.2) is 5.11 Å². The highest BCUT2D eigenvalue weighted by atomic mass is 16.3. The van der Waals surface area contributed by atoms with Gasteiger partial charge in [0.25, 0.3) is 0 Å². The summed E-state index contributed by atoms with van der Waals surface area (Å²) in [5, 5.41) is 10.3. The zero-order chi connectivity index (χ0) is 14.2. The molecule has 1 aliphatic rings. The lowest BCUT2D eigenvalue weighted by Gasteiger charge is -2.42. The Morgan fingerprint density at radius 3 is 2.63 bits per heavy atom. The van der Waals surface area contributed by atoms with E-state index in [2.05, 4.69) is 46.8 Å². The Morgan fingerprint density at radius 2 is 2.05 bits per heavy atom. The maximum absolute atomic E-state index is 10.3. The van der Waals surface area contributed by atoms with Gasteiger partial charge in [-0.2, -0.15) is 0 Å². The van der Waals surface area contributed by atoms with Gasteiger partial charge in [0.05, 0.1) is 0 Å². The van der Waals surface area contributed by atoms with Gasteiger partial charge in [-0.25, -0.2) is 0 Å². The van der Waals surface area contributed by atoms with Gasteiger partial charge in [-0.3, -0.25) is 0 Å². The molecule has 0 bridgehead atoms. The molecule has 2 atom stereocenters. The summed E-state index contributed by atoms with van der Waals surface area (Å²) in [6, 6.07) is 4.32. The van der Waals surface area contributed by atoms with Crippen LogP contribution >= 0.6 is 0 Å². The van der Waals surface area contributed by atoms with Gasteiger partial charge >= 0.3 is 0 Å². The van der Waals surface area contributed by atoms with Gasteiger partial charge in [-0.1, -0.05) is 47.1 Å². The van der Waals surface area contributed by atoms with Gasteiger partial charge < -0.3 is 5.11 Å². The van der Waals surface area contributed by atoms with Crippen LogP contribution in [0.15, 0.2) is 12.1 Å². The average Bonchev–Trinajstić information content (AvgIpc) is 2.34. The highest BCUT2D eigenvalue weighted by Crippen LogP contribution is 2.46. The number of hydrogen-bond donors (Lipinski definition) is 1. The third kappa shape index (κ3) is 2.40. The van der Waals surface area contributed by atoms with E-state index in [1.165, 1.54) is 30.4 Å². The van der Waals surface area contributed by atoms with E-state index in [4.69, 9.17) is 0 Å². The van der Waals surface area contributed by atoms with E-state index in [9.17, 15) is 5.11 Å². The Morgan fingerprint density at radius 1 is 1.37 bits per heavy atom. The summed E-state index contributed by atoms with van der Waals surface area (Å²) in [7, 11) is 0. The minimum Gasteiger partial charge on any atom is -0.508 e. The van der Waals surface area contributed by atoms with Crippen molar-refractivity contribution in [2.45, 2.75) is 71.6 Å². The van der Waals surface area contributed by atoms with Crippen molar-refractivity contribution in [3.63, 3.8) is 0 Å². The van der Waals surface area contributed by atoms with Crippen molar-refractivity contribution in [3.8, 4) is 5.75 Å². The molecule has 0 fully saturated rings. The van der Waals surface area contributed by atoms with Gasteiger partial charge in [-0.05, 0) is 59.3 Å². The highest BCUT2D eigenvalue weighted by Gasteiger charge is 2.37. The molecule has 0 radical (unpaired) electrons. The lowest BCUT2D eigenvalue weighted by molar-refractivity contribution is 0.255. The maximum atomic E-state index is 10.3. The number of phenolic OH excluding ortho intramolecular Hbond substituents is 1. The molecule has 0 amide bonds. The lowest BCUT2D eigenvalue weighted by Crippen LogP contribution is -2.35. The Kier molecular flexibility index (Phi) is 3.94. The van der Waals surface area contributed by atoms with Crippen molar-refractivity contribution in [2.75, 3.05) is 0 Å². The first-order chi connectivity index (χ1) is 8.90. The van der Waals surface area contributed by atoms with E-state index in [1.54, 1.807) is 0 Å². The van der Waals surface area contributed by atoms with Crippen molar-refractivity contribution >= 4 is 0 Å². The number of hydrogen-bond acceptors (Lipinski definition) is 1. The molecule has 1 heteroatoms. The molecular formula is C18H28O. The van der Waals surface area contributed by atoms with E-state index in [0.29, 0.717) is 17.6 Å². The van der Waals surface area contributed by atoms with Gasteiger partial charge in [0.15, 0.2) is 0 Å². The molecule has 1 unspecified atom stereocenters. The standard InChI is InChI=1S/C18H28O/c1-6-9-18(5)13(4)7-8-14-10-15(12(2)3)17(19)11-16(14)18/h10-13,19H,6-9H2,1-5H3/t13?,18-/m0/s1. The Hall–Kier alpha value is -0.980. The largest absolute Gasteiger partial charge is 0.508 e. The Bertz CT molecular complexity index is 461. The molecule has 0 spiro atoms. The van der Waals surface area contributed by atoms with Crippen LogP contribution in [0.5, 0.6) is 5.75 Å². The summed E-state index contributed by atoms with van der Waals surface area (Å²) in [6.07, 6.45) is 4.84. The van der Waals surface area contributed by atoms with Crippen LogP contribution in [0.3, 0.4) is 0 Å². The van der Waals surface area contributed by atoms with Gasteiger partial charge in [-0.15, -0.1) is 0 Å². The second-order valence-corrected chi connectivity index (χ2v) is 6.83. The molecule has 0 aliphatic heterocycles. The first-order valence-electron chi connectivity index (χ1n) is 7.76. The van der Waals surface area contributed by atoms with Crippen molar-refractivity contribution in [3.05, 3.63) is 28.8 Å². The summed E-state index contributed by atoms with van der Waals surface area (Å²) in [6.45, 7) is 11.3. The number of fused-ring (bicyclic) bond motifs is 1. The summed E-state index contributed by atoms with van der Waals surface area (Å²) in [5.41, 5.74) is 4.20. The third-order valence-corrected chi connectivity index (χ3v) is 5.19. The van der Waals surface area contributed by atoms with Crippen molar-refractivity contribution < 1.29 is 5.11 Å². The molecule has 1 aliphatic carbocycles. The van der Waals surface area contributed by atoms with Crippen LogP contribution in [0, 0.1) is 5.92 Å². The molecule has 1 aromatic carbocycles. The lowest BCUT2D eigenvalue weighted by atomic mass is 9.62. The van der Waals surface area contributed by atoms with Crippen LogP contribution in [0.1, 0.15) is 76.5 Å². The fourth-order valence-corrected chi connectivity index (χ4v) is 3.71. The van der Waals surface area contributed by atoms with Gasteiger partial charge in [0.1, 0.15) is 5.75 Å². The van der Waals surface area contributed by atoms with Crippen LogP contribution < -0.4 is 0 Å². The quantitative estimate of drug-likeness (QED) is 0.796. The molecule has 0 heterocycles. The summed E-state index contributed by atoms with van der Waals surface area (Å²) in [4.78, 5) is 0. The SMILES string of the molecule is CCC[C@]1(C)c2cc(O)c(C(C)C)cc2CCC1C. The first-order valence-corrected chi connectivity index (χ1v) is 7.76. The predicted octanol–water partition coefficient (Wildman–Crippen LogP) is 5.16. The number of phenols is 1. The molecule has 1 nitrogen and oxygen atoms in total. The number of benzene rings is 1. The molecular weight excluding hydrogens is 232 g/mol. The molecule has 19 heavy (non-hydrogen) atoms. The summed E-state index contributed by atoms with van der Waals surface area (Å²) < 4.78 is 0. The fraction of sp³-hybridized carbons (Fsp3) is 0.667. The minimum absolute atomic E-state index is 0.231. The Labute approximate surface area is 118 Å². The van der Waals surface area contributed by atoms with Crippen LogP contribution in [0.4, 0.5) is 0 Å². The summed E-state index contributed by atoms with van der Waals surface area (Å²) in [5.74, 6) is 1.58. The van der Waals surface area contributed by atoms with Crippen LogP contribution in [-0.2, 0) is 11.8 Å². The average molecular weight is 260 g/mol. The molecule has 1 aromatic rings. The zero-order valence-corrected chi connectivity index (χ0v) is 13.1. The minimum atomic E-state index is 0.231. The van der Waals surface area contributed by atoms with Gasteiger partial charge in [0, 0.05) is 0 Å². The predicted molar refractivity (Wildman–Crippen MR) is 81.9 cm³/mol. The normalized spacial score (nSPS) is 26.5. The highest BCUT2D eigenvalue weighted by molar-refractivity contribution is 5.48. The topological polar surface area (TPSA) is 20.2 Å². The third-order valence-electron chi connectivity index (χ3n) is 5.19.